The van der Waals surface area contributed by atoms with Crippen molar-refractivity contribution in [1.82, 2.24) is 4.90 Å². The smallest absolute Gasteiger partial charge is 0.305 e. The van der Waals surface area contributed by atoms with E-state index >= 15 is 0 Å². The molecular weight excluding hydrogens is 290 g/mol. The van der Waals surface area contributed by atoms with E-state index in [4.69, 9.17) is 9.47 Å². The van der Waals surface area contributed by atoms with Crippen molar-refractivity contribution in [1.29, 1.82) is 0 Å². The Kier molecular flexibility index (Phi) is 9.37. The van der Waals surface area contributed by atoms with Crippen LogP contribution >= 0.6 is 0 Å². The summed E-state index contributed by atoms with van der Waals surface area (Å²) in [4.78, 5) is 13.9. The molecule has 1 aromatic rings. The van der Waals surface area contributed by atoms with Crippen LogP contribution in [0.15, 0.2) is 24.3 Å². The fourth-order valence-corrected chi connectivity index (χ4v) is 2.73. The third kappa shape index (κ3) is 7.51. The average Bonchev–Trinajstić information content (AvgIpc) is 2.55. The van der Waals surface area contributed by atoms with Crippen LogP contribution in [0, 0.1) is 0 Å². The molecule has 0 aliphatic rings. The summed E-state index contributed by atoms with van der Waals surface area (Å²) in [5, 5.41) is 0. The van der Waals surface area contributed by atoms with Gasteiger partial charge in [0.15, 0.2) is 0 Å². The summed E-state index contributed by atoms with van der Waals surface area (Å²) in [6.45, 7) is 8.75. The minimum atomic E-state index is -0.0910. The Hall–Kier alpha value is -1.55. The normalized spacial score (nSPS) is 12.2. The van der Waals surface area contributed by atoms with Crippen LogP contribution in [0.2, 0.25) is 0 Å². The fraction of sp³-hybridized carbons (Fsp3) is 0.632. The van der Waals surface area contributed by atoms with Gasteiger partial charge < -0.3 is 14.4 Å². The number of ether oxygens (including phenoxy) is 2. The van der Waals surface area contributed by atoms with Crippen LogP contribution in [-0.4, -0.2) is 43.7 Å². The molecule has 1 rings (SSSR count). The molecule has 0 fully saturated rings. The molecule has 0 spiro atoms. The molecule has 4 heteroatoms. The van der Waals surface area contributed by atoms with Crippen molar-refractivity contribution in [2.75, 3.05) is 26.8 Å². The van der Waals surface area contributed by atoms with Crippen LogP contribution in [-0.2, 0) is 16.0 Å². The van der Waals surface area contributed by atoms with Gasteiger partial charge in [-0.25, -0.2) is 0 Å². The summed E-state index contributed by atoms with van der Waals surface area (Å²) in [6.07, 6.45) is 3.48. The Balaban J connectivity index is 2.48. The zero-order chi connectivity index (χ0) is 17.1. The van der Waals surface area contributed by atoms with Gasteiger partial charge in [-0.05, 0) is 63.9 Å². The average molecular weight is 321 g/mol. The summed E-state index contributed by atoms with van der Waals surface area (Å²) < 4.78 is 10.2. The lowest BCUT2D eigenvalue weighted by Crippen LogP contribution is -2.36. The van der Waals surface area contributed by atoms with E-state index in [1.165, 1.54) is 5.56 Å². The summed E-state index contributed by atoms with van der Waals surface area (Å²) in [5.41, 5.74) is 1.31. The number of methoxy groups -OCH3 is 1. The second-order valence-corrected chi connectivity index (χ2v) is 5.85. The van der Waals surface area contributed by atoms with E-state index in [9.17, 15) is 4.79 Å². The molecule has 0 heterocycles. The summed E-state index contributed by atoms with van der Waals surface area (Å²) in [5.74, 6) is 0.799. The second kappa shape index (κ2) is 11.1. The van der Waals surface area contributed by atoms with Gasteiger partial charge in [0.25, 0.3) is 0 Å². The third-order valence-electron chi connectivity index (χ3n) is 3.96. The number of hydrogen-bond donors (Lipinski definition) is 0. The first-order valence-electron chi connectivity index (χ1n) is 8.63. The van der Waals surface area contributed by atoms with Crippen molar-refractivity contribution in [3.63, 3.8) is 0 Å². The molecule has 0 saturated heterocycles. The zero-order valence-corrected chi connectivity index (χ0v) is 15.0. The van der Waals surface area contributed by atoms with E-state index in [1.807, 2.05) is 19.1 Å². The monoisotopic (exact) mass is 321 g/mol. The molecule has 0 aromatic heterocycles. The van der Waals surface area contributed by atoms with E-state index in [0.717, 1.165) is 38.1 Å². The highest BCUT2D eigenvalue weighted by Gasteiger charge is 2.14. The lowest BCUT2D eigenvalue weighted by molar-refractivity contribution is -0.143. The van der Waals surface area contributed by atoms with E-state index in [2.05, 4.69) is 30.9 Å². The Bertz CT molecular complexity index is 444. The molecule has 1 aromatic carbocycles. The van der Waals surface area contributed by atoms with E-state index in [0.29, 0.717) is 19.1 Å². The molecule has 130 valence electrons. The third-order valence-corrected chi connectivity index (χ3v) is 3.96. The van der Waals surface area contributed by atoms with Crippen LogP contribution in [0.25, 0.3) is 0 Å². The molecule has 0 aliphatic heterocycles. The highest BCUT2D eigenvalue weighted by molar-refractivity contribution is 5.69. The molecular formula is C19H31NO3. The second-order valence-electron chi connectivity index (χ2n) is 5.85. The molecule has 0 bridgehead atoms. The van der Waals surface area contributed by atoms with Crippen molar-refractivity contribution in [2.45, 2.75) is 52.5 Å². The fourth-order valence-electron chi connectivity index (χ4n) is 2.73. The number of hydrogen-bond acceptors (Lipinski definition) is 4. The van der Waals surface area contributed by atoms with Crippen LogP contribution in [0.3, 0.4) is 0 Å². The maximum absolute atomic E-state index is 11.5. The number of nitrogens with zero attached hydrogens (tertiary/aromatic N) is 1. The molecule has 0 saturated carbocycles. The van der Waals surface area contributed by atoms with Crippen molar-refractivity contribution in [2.24, 2.45) is 0 Å². The number of esters is 1. The van der Waals surface area contributed by atoms with Crippen molar-refractivity contribution < 1.29 is 14.3 Å². The van der Waals surface area contributed by atoms with Gasteiger partial charge in [-0.15, -0.1) is 0 Å². The maximum atomic E-state index is 11.5. The molecule has 23 heavy (non-hydrogen) atoms. The molecule has 0 aliphatic carbocycles. The Morgan fingerprint density at radius 2 is 1.87 bits per heavy atom. The van der Waals surface area contributed by atoms with Gasteiger partial charge in [0.2, 0.25) is 0 Å². The van der Waals surface area contributed by atoms with E-state index in [1.54, 1.807) is 7.11 Å². The van der Waals surface area contributed by atoms with Crippen LogP contribution < -0.4 is 4.74 Å². The van der Waals surface area contributed by atoms with Gasteiger partial charge in [0, 0.05) is 12.5 Å². The quantitative estimate of drug-likeness (QED) is 0.583. The standard InChI is InChI=1S/C19H31NO3/c1-5-13-20(14-7-8-19(21)23-6-2)16(3)15-17-9-11-18(22-4)12-10-17/h9-12,16H,5-8,13-15H2,1-4H3. The minimum Gasteiger partial charge on any atom is -0.497 e. The van der Waals surface area contributed by atoms with Crippen LogP contribution in [0.4, 0.5) is 0 Å². The molecule has 0 radical (unpaired) electrons. The lowest BCUT2D eigenvalue weighted by atomic mass is 10.0. The first-order valence-corrected chi connectivity index (χ1v) is 8.63. The van der Waals surface area contributed by atoms with Gasteiger partial charge in [-0.2, -0.15) is 0 Å². The molecule has 1 unspecified atom stereocenters. The highest BCUT2D eigenvalue weighted by atomic mass is 16.5. The number of carbonyl (C=O) groups excluding carboxylic acids is 1. The van der Waals surface area contributed by atoms with Crippen LogP contribution in [0.5, 0.6) is 5.75 Å². The largest absolute Gasteiger partial charge is 0.497 e. The first kappa shape index (κ1) is 19.5. The zero-order valence-electron chi connectivity index (χ0n) is 15.0. The van der Waals surface area contributed by atoms with Crippen LogP contribution in [0.1, 0.15) is 45.6 Å². The lowest BCUT2D eigenvalue weighted by Gasteiger charge is -2.29. The topological polar surface area (TPSA) is 38.8 Å². The Morgan fingerprint density at radius 3 is 2.43 bits per heavy atom. The van der Waals surface area contributed by atoms with Crippen molar-refractivity contribution >= 4 is 5.97 Å². The SMILES string of the molecule is CCCN(CCCC(=O)OCC)C(C)Cc1ccc(OC)cc1. The van der Waals surface area contributed by atoms with Crippen molar-refractivity contribution in [3.8, 4) is 5.75 Å². The minimum absolute atomic E-state index is 0.0910. The van der Waals surface area contributed by atoms with Crippen molar-refractivity contribution in [3.05, 3.63) is 29.8 Å². The van der Waals surface area contributed by atoms with Gasteiger partial charge >= 0.3 is 5.97 Å². The maximum Gasteiger partial charge on any atom is 0.305 e. The number of benzene rings is 1. The Morgan fingerprint density at radius 1 is 1.17 bits per heavy atom. The van der Waals surface area contributed by atoms with Gasteiger partial charge in [-0.1, -0.05) is 19.1 Å². The molecule has 0 amide bonds. The van der Waals surface area contributed by atoms with Gasteiger partial charge in [0.05, 0.1) is 13.7 Å². The molecule has 4 nitrogen and oxygen atoms in total. The Labute approximate surface area is 140 Å². The van der Waals surface area contributed by atoms with E-state index in [-0.39, 0.29) is 5.97 Å². The predicted molar refractivity (Wildman–Crippen MR) is 93.9 cm³/mol. The van der Waals surface area contributed by atoms with Gasteiger partial charge in [-0.3, -0.25) is 4.79 Å². The summed E-state index contributed by atoms with van der Waals surface area (Å²) in [6, 6.07) is 8.71. The van der Waals surface area contributed by atoms with E-state index < -0.39 is 0 Å². The molecule has 0 N–H and O–H groups in total. The highest BCUT2D eigenvalue weighted by Crippen LogP contribution is 2.15. The predicted octanol–water partition coefficient (Wildman–Crippen LogP) is 3.68. The van der Waals surface area contributed by atoms with Gasteiger partial charge in [0.1, 0.15) is 5.75 Å². The number of rotatable bonds is 11. The molecule has 1 atom stereocenters. The summed E-state index contributed by atoms with van der Waals surface area (Å²) >= 11 is 0. The number of carbonyl (C=O) groups is 1. The first-order chi connectivity index (χ1) is 11.1. The summed E-state index contributed by atoms with van der Waals surface area (Å²) in [7, 11) is 1.68.